The first-order valence-electron chi connectivity index (χ1n) is 11.0. The van der Waals surface area contributed by atoms with Gasteiger partial charge in [0.1, 0.15) is 0 Å². The van der Waals surface area contributed by atoms with E-state index in [4.69, 9.17) is 0 Å². The highest BCUT2D eigenvalue weighted by Gasteiger charge is 2.34. The quantitative estimate of drug-likeness (QED) is 0.315. The van der Waals surface area contributed by atoms with Crippen molar-refractivity contribution in [3.05, 3.63) is 103 Å². The van der Waals surface area contributed by atoms with Crippen LogP contribution in [0.1, 0.15) is 37.4 Å². The normalized spacial score (nSPS) is 11.4. The summed E-state index contributed by atoms with van der Waals surface area (Å²) in [4.78, 5) is 39.0. The summed E-state index contributed by atoms with van der Waals surface area (Å²) in [6.07, 6.45) is -4.68. The number of halogens is 4. The van der Waals surface area contributed by atoms with Gasteiger partial charge in [-0.25, -0.2) is 9.59 Å². The molecule has 0 fully saturated rings. The Balaban J connectivity index is 1.61. The van der Waals surface area contributed by atoms with E-state index in [2.05, 4.69) is 10.4 Å². The number of carbonyl (C=O) groups excluding carboxylic acids is 1. The van der Waals surface area contributed by atoms with E-state index >= 15 is 0 Å². The van der Waals surface area contributed by atoms with Crippen molar-refractivity contribution in [3.8, 4) is 5.69 Å². The largest absolute Gasteiger partial charge is 0.478 e. The molecule has 0 radical (unpaired) electrons. The molecule has 0 aliphatic heterocycles. The summed E-state index contributed by atoms with van der Waals surface area (Å²) in [5, 5.41) is 16.9. The van der Waals surface area contributed by atoms with Crippen LogP contribution in [0.15, 0.2) is 65.5 Å². The number of para-hydroxylation sites is 1. The maximum Gasteiger partial charge on any atom is 0.418 e. The van der Waals surface area contributed by atoms with Crippen LogP contribution in [0.25, 0.3) is 5.69 Å². The number of hydrogen-bond acceptors (Lipinski definition) is 5. The van der Waals surface area contributed by atoms with E-state index in [9.17, 15) is 32.7 Å². The zero-order valence-electron chi connectivity index (χ0n) is 19.9. The van der Waals surface area contributed by atoms with Gasteiger partial charge in [0.15, 0.2) is 0 Å². The predicted octanol–water partition coefficient (Wildman–Crippen LogP) is 4.38. The van der Waals surface area contributed by atoms with Gasteiger partial charge in [0.2, 0.25) is 0 Å². The van der Waals surface area contributed by atoms with E-state index in [0.29, 0.717) is 25.1 Å². The van der Waals surface area contributed by atoms with Crippen molar-refractivity contribution in [2.75, 3.05) is 11.9 Å². The summed E-state index contributed by atoms with van der Waals surface area (Å²) in [5.74, 6) is -1.73. The number of tetrazole rings is 1. The van der Waals surface area contributed by atoms with Crippen LogP contribution in [0.5, 0.6) is 0 Å². The van der Waals surface area contributed by atoms with Crippen molar-refractivity contribution in [1.82, 2.24) is 19.8 Å². The molecule has 0 aliphatic rings. The number of benzene rings is 3. The van der Waals surface area contributed by atoms with Gasteiger partial charge >= 0.3 is 17.8 Å². The number of carboxylic acid groups (broad SMARTS) is 1. The molecule has 13 heteroatoms. The first-order valence-corrected chi connectivity index (χ1v) is 12.1. The van der Waals surface area contributed by atoms with Crippen molar-refractivity contribution in [3.63, 3.8) is 0 Å². The second-order valence-corrected chi connectivity index (χ2v) is 9.46. The van der Waals surface area contributed by atoms with Crippen LogP contribution in [0.4, 0.5) is 18.9 Å². The molecule has 0 spiro atoms. The van der Waals surface area contributed by atoms with Crippen LogP contribution in [-0.4, -0.2) is 43.8 Å². The molecule has 0 unspecified atom stereocenters. The van der Waals surface area contributed by atoms with Gasteiger partial charge in [-0.3, -0.25) is 4.79 Å². The maximum absolute atomic E-state index is 13.4. The number of aryl methyl sites for hydroxylation is 1. The molecule has 0 aliphatic carbocycles. The average molecular weight is 637 g/mol. The first kappa shape index (κ1) is 27.0. The smallest absolute Gasteiger partial charge is 0.418 e. The molecule has 0 atom stereocenters. The van der Waals surface area contributed by atoms with E-state index in [-0.39, 0.29) is 17.7 Å². The number of nitrogens with zero attached hydrogens (tertiary/aromatic N) is 5. The number of anilines is 1. The number of hydrogen-bond donors (Lipinski definition) is 1. The Hall–Kier alpha value is -4.01. The second-order valence-electron chi connectivity index (χ2n) is 8.30. The molecule has 0 saturated heterocycles. The van der Waals surface area contributed by atoms with Crippen molar-refractivity contribution >= 4 is 40.2 Å². The number of carbonyl (C=O) groups is 2. The average Bonchev–Trinajstić information content (AvgIpc) is 3.22. The van der Waals surface area contributed by atoms with E-state index in [0.717, 1.165) is 16.8 Å². The molecular formula is C25H19F3IN5O4. The molecule has 1 heterocycles. The topological polar surface area (TPSA) is 110 Å². The van der Waals surface area contributed by atoms with E-state index in [1.807, 2.05) is 22.6 Å². The highest BCUT2D eigenvalue weighted by Crippen LogP contribution is 2.33. The summed E-state index contributed by atoms with van der Waals surface area (Å²) in [5.41, 5.74) is -0.609. The molecule has 1 N–H and O–H groups in total. The van der Waals surface area contributed by atoms with Crippen LogP contribution in [0, 0.1) is 10.5 Å². The molecule has 1 amide bonds. The number of amides is 1. The van der Waals surface area contributed by atoms with Gasteiger partial charge in [0.25, 0.3) is 5.91 Å². The lowest BCUT2D eigenvalue weighted by molar-refractivity contribution is -0.137. The van der Waals surface area contributed by atoms with Gasteiger partial charge in [-0.2, -0.15) is 22.5 Å². The van der Waals surface area contributed by atoms with Gasteiger partial charge in [-0.1, -0.05) is 30.3 Å². The number of rotatable bonds is 6. The molecule has 1 aromatic heterocycles. The highest BCUT2D eigenvalue weighted by molar-refractivity contribution is 14.1. The fourth-order valence-electron chi connectivity index (χ4n) is 3.98. The molecule has 4 rings (SSSR count). The Morgan fingerprint density at radius 3 is 2.42 bits per heavy atom. The van der Waals surface area contributed by atoms with Crippen LogP contribution >= 0.6 is 22.6 Å². The Morgan fingerprint density at radius 1 is 1.05 bits per heavy atom. The maximum atomic E-state index is 13.4. The summed E-state index contributed by atoms with van der Waals surface area (Å²) in [7, 11) is 1.52. The lowest BCUT2D eigenvalue weighted by Crippen LogP contribution is -2.29. The molecule has 196 valence electrons. The highest BCUT2D eigenvalue weighted by atomic mass is 127. The Labute approximate surface area is 227 Å². The molecule has 4 aromatic rings. The standard InChI is InChI=1S/C25H19F3IN5O4/c1-14-12-15(10-11-19(14)32(2)22(35)21-16(23(36)37)6-5-8-18(21)29)13-33-24(38)34(31-30-33)20-9-4-3-7-17(20)25(26,27)28/h3-12H,13H2,1-2H3,(H,36,37). The van der Waals surface area contributed by atoms with E-state index in [1.54, 1.807) is 37.3 Å². The molecule has 9 nitrogen and oxygen atoms in total. The Kier molecular flexibility index (Phi) is 7.40. The van der Waals surface area contributed by atoms with Crippen molar-refractivity contribution in [2.45, 2.75) is 19.6 Å². The lowest BCUT2D eigenvalue weighted by atomic mass is 10.0. The van der Waals surface area contributed by atoms with E-state index in [1.165, 1.54) is 30.1 Å². The minimum absolute atomic E-state index is 0.0638. The molecule has 38 heavy (non-hydrogen) atoms. The Morgan fingerprint density at radius 2 is 1.76 bits per heavy atom. The number of carboxylic acids is 1. The SMILES string of the molecule is Cc1cc(Cn2nnn(-c3ccccc3C(F)(F)F)c2=O)ccc1N(C)C(=O)c1c(I)cccc1C(=O)O. The van der Waals surface area contributed by atoms with Crippen LogP contribution < -0.4 is 10.6 Å². The monoisotopic (exact) mass is 637 g/mol. The van der Waals surface area contributed by atoms with Crippen LogP contribution in [0.3, 0.4) is 0 Å². The second kappa shape index (κ2) is 10.4. The van der Waals surface area contributed by atoms with Gasteiger partial charge in [0, 0.05) is 16.3 Å². The fourth-order valence-corrected chi connectivity index (χ4v) is 4.71. The third-order valence-corrected chi connectivity index (χ3v) is 6.69. The summed E-state index contributed by atoms with van der Waals surface area (Å²) < 4.78 is 42.2. The molecule has 3 aromatic carbocycles. The van der Waals surface area contributed by atoms with Crippen molar-refractivity contribution in [2.24, 2.45) is 0 Å². The molecular weight excluding hydrogens is 618 g/mol. The third kappa shape index (κ3) is 5.18. The number of alkyl halides is 3. The third-order valence-electron chi connectivity index (χ3n) is 5.79. The molecule has 0 bridgehead atoms. The van der Waals surface area contributed by atoms with Crippen LogP contribution in [-0.2, 0) is 12.7 Å². The van der Waals surface area contributed by atoms with Crippen molar-refractivity contribution in [1.29, 1.82) is 0 Å². The van der Waals surface area contributed by atoms with Gasteiger partial charge < -0.3 is 10.0 Å². The zero-order valence-corrected chi connectivity index (χ0v) is 22.1. The Bertz CT molecular complexity index is 1610. The van der Waals surface area contributed by atoms with Crippen molar-refractivity contribution < 1.29 is 27.9 Å². The minimum Gasteiger partial charge on any atom is -0.478 e. The summed E-state index contributed by atoms with van der Waals surface area (Å²) >= 11 is 1.91. The number of aromatic nitrogens is 4. The van der Waals surface area contributed by atoms with E-state index < -0.39 is 35.0 Å². The van der Waals surface area contributed by atoms with Gasteiger partial charge in [-0.05, 0) is 81.4 Å². The zero-order chi connectivity index (χ0) is 27.8. The molecule has 0 saturated carbocycles. The minimum atomic E-state index is -4.68. The first-order chi connectivity index (χ1) is 17.9. The van der Waals surface area contributed by atoms with Crippen LogP contribution in [0.2, 0.25) is 0 Å². The fraction of sp³-hybridized carbons (Fsp3) is 0.160. The van der Waals surface area contributed by atoms with Gasteiger partial charge in [-0.15, -0.1) is 0 Å². The predicted molar refractivity (Wildman–Crippen MR) is 140 cm³/mol. The summed E-state index contributed by atoms with van der Waals surface area (Å²) in [6, 6.07) is 14.1. The summed E-state index contributed by atoms with van der Waals surface area (Å²) in [6.45, 7) is 1.65. The number of aromatic carboxylic acids is 1. The van der Waals surface area contributed by atoms with Gasteiger partial charge in [0.05, 0.1) is 28.9 Å². The lowest BCUT2D eigenvalue weighted by Gasteiger charge is -2.22.